The summed E-state index contributed by atoms with van der Waals surface area (Å²) in [6, 6.07) is 9.19. The topological polar surface area (TPSA) is 84.0 Å². The largest absolute Gasteiger partial charge is 0.497 e. The van der Waals surface area contributed by atoms with Crippen LogP contribution < -0.4 is 19.9 Å². The molecule has 1 aromatic carbocycles. The van der Waals surface area contributed by atoms with Crippen LogP contribution in [0, 0.1) is 5.92 Å². The first kappa shape index (κ1) is 18.9. The Bertz CT molecular complexity index is 1020. The molecule has 1 N–H and O–H groups in total. The number of rotatable bonds is 6. The van der Waals surface area contributed by atoms with Crippen molar-refractivity contribution in [2.75, 3.05) is 30.6 Å². The van der Waals surface area contributed by atoms with Gasteiger partial charge in [0.05, 0.1) is 19.7 Å². The summed E-state index contributed by atoms with van der Waals surface area (Å²) in [5.41, 5.74) is 2.62. The molecule has 156 valence electrons. The fraction of sp³-hybridized carbons (Fsp3) is 0.409. The average molecular weight is 408 g/mol. The van der Waals surface area contributed by atoms with Gasteiger partial charge in [-0.2, -0.15) is 0 Å². The van der Waals surface area contributed by atoms with Gasteiger partial charge in [0, 0.05) is 12.1 Å². The minimum atomic E-state index is -0.367. The lowest BCUT2D eigenvalue weighted by Gasteiger charge is -2.22. The predicted molar refractivity (Wildman–Crippen MR) is 111 cm³/mol. The summed E-state index contributed by atoms with van der Waals surface area (Å²) in [6.07, 6.45) is 1.84. The Morgan fingerprint density at radius 2 is 2.03 bits per heavy atom. The third-order valence-electron chi connectivity index (χ3n) is 6.03. The first-order chi connectivity index (χ1) is 14.6. The summed E-state index contributed by atoms with van der Waals surface area (Å²) in [6.45, 7) is 1.47. The number of nitrogens with one attached hydrogen (secondary N) is 1. The molecule has 1 aliphatic carbocycles. The van der Waals surface area contributed by atoms with E-state index in [0.717, 1.165) is 24.0 Å². The van der Waals surface area contributed by atoms with Gasteiger partial charge in [0.25, 0.3) is 5.91 Å². The predicted octanol–water partition coefficient (Wildman–Crippen LogP) is 2.71. The van der Waals surface area contributed by atoms with Gasteiger partial charge in [-0.25, -0.2) is 9.78 Å². The molecule has 0 spiro atoms. The number of fused-ring (bicyclic) bond motifs is 1. The molecule has 1 aromatic heterocycles. The van der Waals surface area contributed by atoms with Gasteiger partial charge in [-0.1, -0.05) is 6.07 Å². The zero-order chi connectivity index (χ0) is 20.8. The Kier molecular flexibility index (Phi) is 4.58. The number of carbonyl (C=O) groups is 2. The van der Waals surface area contributed by atoms with Crippen LogP contribution in [0.4, 0.5) is 16.4 Å². The van der Waals surface area contributed by atoms with Crippen LogP contribution in [0.15, 0.2) is 30.3 Å². The summed E-state index contributed by atoms with van der Waals surface area (Å²) in [4.78, 5) is 33.5. The van der Waals surface area contributed by atoms with E-state index >= 15 is 0 Å². The molecule has 3 heterocycles. The molecule has 2 aromatic rings. The van der Waals surface area contributed by atoms with Crippen molar-refractivity contribution in [3.05, 3.63) is 47.0 Å². The quantitative estimate of drug-likeness (QED) is 0.791. The van der Waals surface area contributed by atoms with Crippen molar-refractivity contribution in [3.63, 3.8) is 0 Å². The van der Waals surface area contributed by atoms with Crippen molar-refractivity contribution in [3.8, 4) is 5.75 Å². The van der Waals surface area contributed by atoms with Crippen LogP contribution in [0.1, 0.15) is 34.3 Å². The highest BCUT2D eigenvalue weighted by Gasteiger charge is 2.44. The van der Waals surface area contributed by atoms with Crippen LogP contribution in [0.25, 0.3) is 0 Å². The lowest BCUT2D eigenvalue weighted by molar-refractivity contribution is 0.0995. The van der Waals surface area contributed by atoms with E-state index in [4.69, 9.17) is 9.47 Å². The number of aromatic nitrogens is 1. The van der Waals surface area contributed by atoms with Gasteiger partial charge < -0.3 is 14.8 Å². The summed E-state index contributed by atoms with van der Waals surface area (Å²) in [5, 5.41) is 3.15. The summed E-state index contributed by atoms with van der Waals surface area (Å²) >= 11 is 0. The lowest BCUT2D eigenvalue weighted by Crippen LogP contribution is -2.36. The van der Waals surface area contributed by atoms with E-state index in [1.54, 1.807) is 35.1 Å². The minimum Gasteiger partial charge on any atom is -0.497 e. The summed E-state index contributed by atoms with van der Waals surface area (Å²) in [5.74, 6) is 2.06. The van der Waals surface area contributed by atoms with E-state index in [1.807, 2.05) is 19.2 Å². The molecule has 2 amide bonds. The monoisotopic (exact) mass is 408 g/mol. The second kappa shape index (κ2) is 7.28. The van der Waals surface area contributed by atoms with Gasteiger partial charge in [0.15, 0.2) is 0 Å². The molecule has 1 atom stereocenters. The fourth-order valence-electron chi connectivity index (χ4n) is 4.33. The van der Waals surface area contributed by atoms with Crippen molar-refractivity contribution in [1.82, 2.24) is 10.3 Å². The zero-order valence-electron chi connectivity index (χ0n) is 17.1. The Morgan fingerprint density at radius 3 is 2.77 bits per heavy atom. The van der Waals surface area contributed by atoms with Crippen molar-refractivity contribution >= 4 is 23.6 Å². The van der Waals surface area contributed by atoms with E-state index in [0.29, 0.717) is 48.6 Å². The minimum absolute atomic E-state index is 0.0261. The normalized spacial score (nSPS) is 20.5. The molecule has 30 heavy (non-hydrogen) atoms. The molecule has 5 rings (SSSR count). The number of cyclic esters (lactones) is 1. The van der Waals surface area contributed by atoms with Crippen molar-refractivity contribution < 1.29 is 19.1 Å². The molecule has 1 saturated heterocycles. The van der Waals surface area contributed by atoms with Gasteiger partial charge >= 0.3 is 6.09 Å². The van der Waals surface area contributed by atoms with Gasteiger partial charge in [-0.15, -0.1) is 0 Å². The molecule has 3 aliphatic rings. The maximum atomic E-state index is 13.2. The number of nitrogens with zero attached hydrogens (tertiary/aromatic N) is 3. The van der Waals surface area contributed by atoms with Crippen molar-refractivity contribution in [2.24, 2.45) is 5.92 Å². The molecule has 2 aliphatic heterocycles. The number of hydrogen-bond donors (Lipinski definition) is 1. The second-order valence-electron chi connectivity index (χ2n) is 7.94. The van der Waals surface area contributed by atoms with E-state index in [2.05, 4.69) is 10.3 Å². The molecule has 0 radical (unpaired) electrons. The Hall–Kier alpha value is -3.13. The highest BCUT2D eigenvalue weighted by Crippen LogP contribution is 2.40. The molecule has 8 nitrogen and oxygen atoms in total. The number of carbonyl (C=O) groups excluding carboxylic acids is 2. The lowest BCUT2D eigenvalue weighted by atomic mass is 10.0. The molecule has 0 bridgehead atoms. The van der Waals surface area contributed by atoms with Gasteiger partial charge in [-0.05, 0) is 61.2 Å². The van der Waals surface area contributed by atoms with Crippen LogP contribution in [0.2, 0.25) is 0 Å². The Labute approximate surface area is 174 Å². The number of pyridine rings is 1. The van der Waals surface area contributed by atoms with Crippen LogP contribution in [0.3, 0.4) is 0 Å². The van der Waals surface area contributed by atoms with Crippen molar-refractivity contribution in [1.29, 1.82) is 0 Å². The molecule has 1 saturated carbocycles. The van der Waals surface area contributed by atoms with E-state index in [9.17, 15) is 9.59 Å². The average Bonchev–Trinajstić information content (AvgIpc) is 3.45. The van der Waals surface area contributed by atoms with Crippen LogP contribution in [-0.4, -0.2) is 43.8 Å². The van der Waals surface area contributed by atoms with Gasteiger partial charge in [0.2, 0.25) is 0 Å². The maximum absolute atomic E-state index is 13.2. The molecular weight excluding hydrogens is 384 g/mol. The first-order valence-corrected chi connectivity index (χ1v) is 10.2. The number of benzene rings is 1. The van der Waals surface area contributed by atoms with E-state index in [-0.39, 0.29) is 18.0 Å². The molecule has 8 heteroatoms. The number of methoxy groups -OCH3 is 1. The maximum Gasteiger partial charge on any atom is 0.415 e. The molecular formula is C22H24N4O4. The second-order valence-corrected chi connectivity index (χ2v) is 7.94. The third kappa shape index (κ3) is 3.08. The number of hydrogen-bond acceptors (Lipinski definition) is 6. The van der Waals surface area contributed by atoms with Gasteiger partial charge in [-0.3, -0.25) is 14.6 Å². The van der Waals surface area contributed by atoms with E-state index < -0.39 is 0 Å². The molecule has 0 unspecified atom stereocenters. The van der Waals surface area contributed by atoms with Crippen LogP contribution >= 0.6 is 0 Å². The zero-order valence-corrected chi connectivity index (χ0v) is 17.1. The number of amides is 2. The highest BCUT2D eigenvalue weighted by molar-refractivity contribution is 6.10. The SMILES string of the molecule is CNCc1cc(OC)cc2c1CN(c1cccc(N3C(=O)OC[C@@H]3C3CC3)n1)C2=O. The van der Waals surface area contributed by atoms with E-state index in [1.165, 1.54) is 0 Å². The highest BCUT2D eigenvalue weighted by atomic mass is 16.6. The first-order valence-electron chi connectivity index (χ1n) is 10.2. The van der Waals surface area contributed by atoms with Crippen LogP contribution in [0.5, 0.6) is 5.75 Å². The standard InChI is InChI=1S/C22H24N4O4/c1-23-10-14-8-15(29-2)9-16-17(14)11-25(21(16)27)19-4-3-5-20(24-19)26-18(13-6-7-13)12-30-22(26)28/h3-5,8-9,13,18,23H,6-7,10-12H2,1-2H3/t18-/m1/s1. The Morgan fingerprint density at radius 1 is 1.23 bits per heavy atom. The smallest absolute Gasteiger partial charge is 0.415 e. The van der Waals surface area contributed by atoms with Crippen molar-refractivity contribution in [2.45, 2.75) is 32.0 Å². The molecule has 2 fully saturated rings. The third-order valence-corrected chi connectivity index (χ3v) is 6.03. The fourth-order valence-corrected chi connectivity index (χ4v) is 4.33. The van der Waals surface area contributed by atoms with Crippen LogP contribution in [-0.2, 0) is 17.8 Å². The number of ether oxygens (including phenoxy) is 2. The summed E-state index contributed by atoms with van der Waals surface area (Å²) in [7, 11) is 3.47. The Balaban J connectivity index is 1.48. The number of anilines is 2. The van der Waals surface area contributed by atoms with Gasteiger partial charge in [0.1, 0.15) is 24.0 Å². The summed E-state index contributed by atoms with van der Waals surface area (Å²) < 4.78 is 10.7.